The van der Waals surface area contributed by atoms with Gasteiger partial charge in [0, 0.05) is 4.47 Å². The molecule has 0 radical (unpaired) electrons. The molecular weight excluding hydrogens is 242 g/mol. The van der Waals surface area contributed by atoms with Crippen molar-refractivity contribution in [1.29, 1.82) is 5.26 Å². The third-order valence-corrected chi connectivity index (χ3v) is 2.05. The average molecular weight is 252 g/mol. The maximum atomic E-state index is 8.72. The standard InChI is InChI=1S/C11H10BrNO/c1-2-3-4-14-11-6-9(8-13)5-10(12)7-11/h2,5-7H,1,3-4H2. The number of nitriles is 1. The van der Waals surface area contributed by atoms with Crippen molar-refractivity contribution in [2.24, 2.45) is 0 Å². The summed E-state index contributed by atoms with van der Waals surface area (Å²) in [5, 5.41) is 8.72. The number of benzene rings is 1. The van der Waals surface area contributed by atoms with E-state index in [1.54, 1.807) is 18.2 Å². The summed E-state index contributed by atoms with van der Waals surface area (Å²) < 4.78 is 6.27. The summed E-state index contributed by atoms with van der Waals surface area (Å²) >= 11 is 3.31. The van der Waals surface area contributed by atoms with Crippen LogP contribution in [0.5, 0.6) is 5.75 Å². The van der Waals surface area contributed by atoms with Crippen LogP contribution >= 0.6 is 15.9 Å². The highest BCUT2D eigenvalue weighted by Crippen LogP contribution is 2.21. The fraction of sp³-hybridized carbons (Fsp3) is 0.182. The maximum absolute atomic E-state index is 8.72. The lowest BCUT2D eigenvalue weighted by Crippen LogP contribution is -1.95. The van der Waals surface area contributed by atoms with Crippen molar-refractivity contribution in [3.8, 4) is 11.8 Å². The number of nitrogens with zero attached hydrogens (tertiary/aromatic N) is 1. The molecule has 0 atom stereocenters. The molecule has 0 aromatic heterocycles. The van der Waals surface area contributed by atoms with Gasteiger partial charge in [-0.25, -0.2) is 0 Å². The average Bonchev–Trinajstić information content (AvgIpc) is 2.17. The first kappa shape index (κ1) is 10.8. The normalized spacial score (nSPS) is 9.14. The summed E-state index contributed by atoms with van der Waals surface area (Å²) in [6.45, 7) is 4.19. The van der Waals surface area contributed by atoms with E-state index in [0.717, 1.165) is 10.9 Å². The second kappa shape index (κ2) is 5.46. The molecule has 0 spiro atoms. The topological polar surface area (TPSA) is 33.0 Å². The zero-order valence-electron chi connectivity index (χ0n) is 7.66. The Hall–Kier alpha value is -1.27. The van der Waals surface area contributed by atoms with Crippen LogP contribution in [0.1, 0.15) is 12.0 Å². The monoisotopic (exact) mass is 251 g/mol. The fourth-order valence-corrected chi connectivity index (χ4v) is 1.44. The molecule has 2 nitrogen and oxygen atoms in total. The van der Waals surface area contributed by atoms with Crippen molar-refractivity contribution < 1.29 is 4.74 Å². The van der Waals surface area contributed by atoms with E-state index in [1.807, 2.05) is 6.07 Å². The zero-order chi connectivity index (χ0) is 10.4. The molecule has 0 aliphatic rings. The number of hydrogen-bond acceptors (Lipinski definition) is 2. The van der Waals surface area contributed by atoms with Crippen LogP contribution in [0.15, 0.2) is 35.3 Å². The molecule has 3 heteroatoms. The van der Waals surface area contributed by atoms with E-state index in [2.05, 4.69) is 28.6 Å². The van der Waals surface area contributed by atoms with Crippen LogP contribution in [-0.2, 0) is 0 Å². The summed E-state index contributed by atoms with van der Waals surface area (Å²) in [6.07, 6.45) is 2.59. The lowest BCUT2D eigenvalue weighted by molar-refractivity contribution is 0.325. The largest absolute Gasteiger partial charge is 0.493 e. The summed E-state index contributed by atoms with van der Waals surface area (Å²) in [7, 11) is 0. The highest BCUT2D eigenvalue weighted by Gasteiger charge is 1.99. The molecule has 0 saturated carbocycles. The van der Waals surface area contributed by atoms with Gasteiger partial charge in [0.25, 0.3) is 0 Å². The highest BCUT2D eigenvalue weighted by atomic mass is 79.9. The minimum Gasteiger partial charge on any atom is -0.493 e. The van der Waals surface area contributed by atoms with Crippen molar-refractivity contribution in [2.45, 2.75) is 6.42 Å². The Labute approximate surface area is 91.9 Å². The van der Waals surface area contributed by atoms with Crippen LogP contribution in [0.4, 0.5) is 0 Å². The van der Waals surface area contributed by atoms with Crippen LogP contribution in [0.3, 0.4) is 0 Å². The van der Waals surface area contributed by atoms with Gasteiger partial charge < -0.3 is 4.74 Å². The van der Waals surface area contributed by atoms with Crippen molar-refractivity contribution in [1.82, 2.24) is 0 Å². The first-order valence-corrected chi connectivity index (χ1v) is 5.00. The van der Waals surface area contributed by atoms with Gasteiger partial charge >= 0.3 is 0 Å². The van der Waals surface area contributed by atoms with Gasteiger partial charge in [0.2, 0.25) is 0 Å². The van der Waals surface area contributed by atoms with E-state index >= 15 is 0 Å². The second-order valence-corrected chi connectivity index (χ2v) is 3.63. The predicted molar refractivity (Wildman–Crippen MR) is 59.2 cm³/mol. The van der Waals surface area contributed by atoms with Crippen molar-refractivity contribution in [3.05, 3.63) is 40.9 Å². The Morgan fingerprint density at radius 1 is 1.50 bits per heavy atom. The highest BCUT2D eigenvalue weighted by molar-refractivity contribution is 9.10. The minimum atomic E-state index is 0.588. The van der Waals surface area contributed by atoms with E-state index in [1.165, 1.54) is 0 Å². The molecule has 0 heterocycles. The van der Waals surface area contributed by atoms with E-state index < -0.39 is 0 Å². The number of hydrogen-bond donors (Lipinski definition) is 0. The van der Waals surface area contributed by atoms with Crippen LogP contribution in [0.25, 0.3) is 0 Å². The van der Waals surface area contributed by atoms with E-state index in [9.17, 15) is 0 Å². The Kier molecular flexibility index (Phi) is 4.21. The Morgan fingerprint density at radius 2 is 2.29 bits per heavy atom. The van der Waals surface area contributed by atoms with Gasteiger partial charge in [-0.1, -0.05) is 22.0 Å². The summed E-state index contributed by atoms with van der Waals surface area (Å²) in [4.78, 5) is 0. The molecule has 0 N–H and O–H groups in total. The van der Waals surface area contributed by atoms with Crippen LogP contribution in [-0.4, -0.2) is 6.61 Å². The third-order valence-electron chi connectivity index (χ3n) is 1.59. The van der Waals surface area contributed by atoms with E-state index in [-0.39, 0.29) is 0 Å². The molecule has 0 aliphatic carbocycles. The summed E-state index contributed by atoms with van der Waals surface area (Å²) in [5.41, 5.74) is 0.591. The third kappa shape index (κ3) is 3.23. The molecule has 0 fully saturated rings. The molecule has 1 aromatic carbocycles. The quantitative estimate of drug-likeness (QED) is 0.608. The van der Waals surface area contributed by atoms with Crippen LogP contribution < -0.4 is 4.74 Å². The molecule has 1 aromatic rings. The molecule has 0 unspecified atom stereocenters. The lowest BCUT2D eigenvalue weighted by atomic mass is 10.2. The first-order chi connectivity index (χ1) is 6.76. The zero-order valence-corrected chi connectivity index (χ0v) is 9.25. The molecular formula is C11H10BrNO. The number of ether oxygens (including phenoxy) is 1. The van der Waals surface area contributed by atoms with Crippen LogP contribution in [0, 0.1) is 11.3 Å². The smallest absolute Gasteiger partial charge is 0.121 e. The lowest BCUT2D eigenvalue weighted by Gasteiger charge is -2.05. The SMILES string of the molecule is C=CCCOc1cc(Br)cc(C#N)c1. The Morgan fingerprint density at radius 3 is 2.93 bits per heavy atom. The number of halogens is 1. The number of rotatable bonds is 4. The Balaban J connectivity index is 2.72. The Bertz CT molecular complexity index is 368. The minimum absolute atomic E-state index is 0.588. The summed E-state index contributed by atoms with van der Waals surface area (Å²) in [5.74, 6) is 0.706. The van der Waals surface area contributed by atoms with Crippen molar-refractivity contribution >= 4 is 15.9 Å². The van der Waals surface area contributed by atoms with Gasteiger partial charge in [0.1, 0.15) is 5.75 Å². The van der Waals surface area contributed by atoms with Gasteiger partial charge in [0.15, 0.2) is 0 Å². The van der Waals surface area contributed by atoms with Crippen molar-refractivity contribution in [3.63, 3.8) is 0 Å². The molecule has 0 aliphatic heterocycles. The van der Waals surface area contributed by atoms with Gasteiger partial charge in [-0.3, -0.25) is 0 Å². The fourth-order valence-electron chi connectivity index (χ4n) is 0.971. The van der Waals surface area contributed by atoms with Gasteiger partial charge in [0.05, 0.1) is 18.2 Å². The van der Waals surface area contributed by atoms with Crippen molar-refractivity contribution in [2.75, 3.05) is 6.61 Å². The molecule has 0 amide bonds. The van der Waals surface area contributed by atoms with Gasteiger partial charge in [-0.05, 0) is 24.6 Å². The second-order valence-electron chi connectivity index (χ2n) is 2.71. The van der Waals surface area contributed by atoms with E-state index in [0.29, 0.717) is 17.9 Å². The van der Waals surface area contributed by atoms with Crippen LogP contribution in [0.2, 0.25) is 0 Å². The van der Waals surface area contributed by atoms with E-state index in [4.69, 9.17) is 10.00 Å². The maximum Gasteiger partial charge on any atom is 0.121 e. The molecule has 1 rings (SSSR count). The molecule has 0 saturated heterocycles. The van der Waals surface area contributed by atoms with Gasteiger partial charge in [-0.2, -0.15) is 5.26 Å². The molecule has 0 bridgehead atoms. The molecule has 14 heavy (non-hydrogen) atoms. The van der Waals surface area contributed by atoms with Gasteiger partial charge in [-0.15, -0.1) is 6.58 Å². The summed E-state index contributed by atoms with van der Waals surface area (Å²) in [6, 6.07) is 7.37. The predicted octanol–water partition coefficient (Wildman–Crippen LogP) is 3.28. The first-order valence-electron chi connectivity index (χ1n) is 4.20. The molecule has 72 valence electrons.